The first kappa shape index (κ1) is 18.6. The summed E-state index contributed by atoms with van der Waals surface area (Å²) in [5.41, 5.74) is 2.48. The number of nitrogens with zero attached hydrogens (tertiary/aromatic N) is 2. The predicted molar refractivity (Wildman–Crippen MR) is 110 cm³/mol. The molecule has 1 aliphatic heterocycles. The van der Waals surface area contributed by atoms with Gasteiger partial charge in [0.2, 0.25) is 0 Å². The Morgan fingerprint density at radius 1 is 0.893 bits per heavy atom. The number of rotatable bonds is 2. The Labute approximate surface area is 167 Å². The molecule has 0 atom stereocenters. The van der Waals surface area contributed by atoms with Crippen LogP contribution in [0.25, 0.3) is 10.1 Å². The Balaban J connectivity index is 1.47. The van der Waals surface area contributed by atoms with E-state index in [4.69, 9.17) is 0 Å². The zero-order valence-corrected chi connectivity index (χ0v) is 16.7. The zero-order valence-electron chi connectivity index (χ0n) is 15.9. The molecule has 144 valence electrons. The van der Waals surface area contributed by atoms with Crippen molar-refractivity contribution in [3.8, 4) is 0 Å². The van der Waals surface area contributed by atoms with Gasteiger partial charge >= 0.3 is 0 Å². The molecule has 3 aromatic rings. The van der Waals surface area contributed by atoms with Crippen molar-refractivity contribution in [3.05, 3.63) is 69.8 Å². The quantitative estimate of drug-likeness (QED) is 0.650. The van der Waals surface area contributed by atoms with Crippen molar-refractivity contribution in [3.63, 3.8) is 0 Å². The van der Waals surface area contributed by atoms with Crippen LogP contribution in [0.3, 0.4) is 0 Å². The molecule has 0 aliphatic carbocycles. The minimum atomic E-state index is -0.293. The number of hydrogen-bond donors (Lipinski definition) is 0. The van der Waals surface area contributed by atoms with E-state index in [0.29, 0.717) is 47.6 Å². The first-order valence-corrected chi connectivity index (χ1v) is 10.1. The summed E-state index contributed by atoms with van der Waals surface area (Å²) >= 11 is 1.33. The van der Waals surface area contributed by atoms with Gasteiger partial charge < -0.3 is 9.80 Å². The molecule has 0 N–H and O–H groups in total. The fourth-order valence-corrected chi connectivity index (χ4v) is 4.78. The number of thiophene rings is 1. The average Bonchev–Trinajstić information content (AvgIpc) is 3.05. The van der Waals surface area contributed by atoms with E-state index in [1.165, 1.54) is 17.4 Å². The van der Waals surface area contributed by atoms with Gasteiger partial charge in [-0.3, -0.25) is 9.59 Å². The van der Waals surface area contributed by atoms with Gasteiger partial charge in [-0.15, -0.1) is 11.3 Å². The summed E-state index contributed by atoms with van der Waals surface area (Å²) in [6.07, 6.45) is 0. The Kier molecular flexibility index (Phi) is 4.89. The van der Waals surface area contributed by atoms with E-state index in [9.17, 15) is 14.0 Å². The number of carbonyl (C=O) groups excluding carboxylic acids is 2. The lowest BCUT2D eigenvalue weighted by Gasteiger charge is -2.34. The second-order valence-corrected chi connectivity index (χ2v) is 8.17. The van der Waals surface area contributed by atoms with Crippen LogP contribution >= 0.6 is 11.3 Å². The van der Waals surface area contributed by atoms with Crippen molar-refractivity contribution in [2.75, 3.05) is 26.2 Å². The second-order valence-electron chi connectivity index (χ2n) is 7.12. The zero-order chi connectivity index (χ0) is 19.8. The van der Waals surface area contributed by atoms with E-state index >= 15 is 0 Å². The minimum Gasteiger partial charge on any atom is -0.335 e. The third kappa shape index (κ3) is 3.29. The van der Waals surface area contributed by atoms with Gasteiger partial charge in [0, 0.05) is 41.8 Å². The summed E-state index contributed by atoms with van der Waals surface area (Å²) in [6.45, 7) is 5.74. The molecule has 1 saturated heterocycles. The van der Waals surface area contributed by atoms with Gasteiger partial charge in [-0.1, -0.05) is 23.8 Å². The molecule has 0 bridgehead atoms. The van der Waals surface area contributed by atoms with Crippen LogP contribution in [0, 0.1) is 19.7 Å². The SMILES string of the molecule is Cc1ccc(C(=O)N2CCN(C(=O)c3sc4cccc(F)c4c3C)CC2)cc1. The Morgan fingerprint density at radius 3 is 2.11 bits per heavy atom. The summed E-state index contributed by atoms with van der Waals surface area (Å²) in [5.74, 6) is -0.383. The van der Waals surface area contributed by atoms with E-state index in [0.717, 1.165) is 10.3 Å². The summed E-state index contributed by atoms with van der Waals surface area (Å²) < 4.78 is 14.9. The number of carbonyl (C=O) groups is 2. The molecule has 1 aliphatic rings. The molecule has 2 heterocycles. The highest BCUT2D eigenvalue weighted by atomic mass is 32.1. The molecule has 1 aromatic heterocycles. The van der Waals surface area contributed by atoms with Gasteiger partial charge in [0.1, 0.15) is 5.82 Å². The van der Waals surface area contributed by atoms with Crippen molar-refractivity contribution in [2.45, 2.75) is 13.8 Å². The van der Waals surface area contributed by atoms with Crippen LogP contribution in [0.2, 0.25) is 0 Å². The smallest absolute Gasteiger partial charge is 0.264 e. The standard InChI is InChI=1S/C22H21FN2O2S/c1-14-6-8-16(9-7-14)21(26)24-10-12-25(13-11-24)22(27)20-15(2)19-17(23)4-3-5-18(19)28-20/h3-9H,10-13H2,1-2H3. The highest BCUT2D eigenvalue weighted by Crippen LogP contribution is 2.33. The number of hydrogen-bond acceptors (Lipinski definition) is 3. The Bertz CT molecular complexity index is 1050. The van der Waals surface area contributed by atoms with Gasteiger partial charge in [0.05, 0.1) is 4.88 Å². The fraction of sp³-hybridized carbons (Fsp3) is 0.273. The van der Waals surface area contributed by atoms with E-state index < -0.39 is 0 Å². The number of amides is 2. The summed E-state index contributed by atoms with van der Waals surface area (Å²) in [4.78, 5) is 29.8. The van der Waals surface area contributed by atoms with E-state index in [2.05, 4.69) is 0 Å². The molecule has 4 nitrogen and oxygen atoms in total. The van der Waals surface area contributed by atoms with Crippen LogP contribution in [0.4, 0.5) is 4.39 Å². The predicted octanol–water partition coefficient (Wildman–Crippen LogP) is 4.26. The highest BCUT2D eigenvalue weighted by Gasteiger charge is 2.28. The van der Waals surface area contributed by atoms with E-state index in [1.807, 2.05) is 37.3 Å². The first-order valence-electron chi connectivity index (χ1n) is 9.28. The van der Waals surface area contributed by atoms with Crippen LogP contribution in [0.1, 0.15) is 31.2 Å². The molecule has 28 heavy (non-hydrogen) atoms. The van der Waals surface area contributed by atoms with Gasteiger partial charge in [-0.25, -0.2) is 4.39 Å². The molecule has 0 saturated carbocycles. The van der Waals surface area contributed by atoms with Gasteiger partial charge in [0.15, 0.2) is 0 Å². The molecule has 6 heteroatoms. The molecule has 1 fully saturated rings. The van der Waals surface area contributed by atoms with Crippen molar-refractivity contribution in [2.24, 2.45) is 0 Å². The van der Waals surface area contributed by atoms with Crippen LogP contribution in [-0.4, -0.2) is 47.8 Å². The number of benzene rings is 2. The lowest BCUT2D eigenvalue weighted by molar-refractivity contribution is 0.0538. The maximum absolute atomic E-state index is 14.1. The molecular weight excluding hydrogens is 375 g/mol. The number of piperazine rings is 1. The summed E-state index contributed by atoms with van der Waals surface area (Å²) in [7, 11) is 0. The lowest BCUT2D eigenvalue weighted by atomic mass is 10.1. The molecule has 0 unspecified atom stereocenters. The Morgan fingerprint density at radius 2 is 1.50 bits per heavy atom. The third-order valence-corrected chi connectivity index (χ3v) is 6.49. The molecule has 0 radical (unpaired) electrons. The van der Waals surface area contributed by atoms with E-state index in [-0.39, 0.29) is 17.6 Å². The topological polar surface area (TPSA) is 40.6 Å². The summed E-state index contributed by atoms with van der Waals surface area (Å²) in [6, 6.07) is 12.5. The van der Waals surface area contributed by atoms with Crippen LogP contribution in [0.15, 0.2) is 42.5 Å². The lowest BCUT2D eigenvalue weighted by Crippen LogP contribution is -2.50. The molecular formula is C22H21FN2O2S. The van der Waals surface area contributed by atoms with Crippen molar-refractivity contribution >= 4 is 33.2 Å². The Hall–Kier alpha value is -2.73. The molecule has 2 amide bonds. The molecule has 0 spiro atoms. The van der Waals surface area contributed by atoms with Crippen molar-refractivity contribution < 1.29 is 14.0 Å². The van der Waals surface area contributed by atoms with Gasteiger partial charge in [-0.05, 0) is 43.7 Å². The van der Waals surface area contributed by atoms with Gasteiger partial charge in [0.25, 0.3) is 11.8 Å². The summed E-state index contributed by atoms with van der Waals surface area (Å²) in [5, 5.41) is 0.532. The number of fused-ring (bicyclic) bond motifs is 1. The fourth-order valence-electron chi connectivity index (χ4n) is 3.59. The maximum Gasteiger partial charge on any atom is 0.264 e. The first-order chi connectivity index (χ1) is 13.5. The normalized spacial score (nSPS) is 14.5. The third-order valence-electron chi connectivity index (χ3n) is 5.25. The highest BCUT2D eigenvalue weighted by molar-refractivity contribution is 7.21. The van der Waals surface area contributed by atoms with Crippen LogP contribution in [-0.2, 0) is 0 Å². The number of halogens is 1. The largest absolute Gasteiger partial charge is 0.335 e. The van der Waals surface area contributed by atoms with Crippen LogP contribution in [0.5, 0.6) is 0 Å². The monoisotopic (exact) mass is 396 g/mol. The van der Waals surface area contributed by atoms with Crippen molar-refractivity contribution in [1.29, 1.82) is 0 Å². The van der Waals surface area contributed by atoms with E-state index in [1.54, 1.807) is 22.8 Å². The minimum absolute atomic E-state index is 0.00721. The van der Waals surface area contributed by atoms with Crippen LogP contribution < -0.4 is 0 Å². The number of aryl methyl sites for hydroxylation is 2. The molecule has 2 aromatic carbocycles. The molecule has 4 rings (SSSR count). The van der Waals surface area contributed by atoms with Crippen molar-refractivity contribution in [1.82, 2.24) is 9.80 Å². The van der Waals surface area contributed by atoms with Gasteiger partial charge in [-0.2, -0.15) is 0 Å². The second kappa shape index (κ2) is 7.36. The average molecular weight is 396 g/mol. The maximum atomic E-state index is 14.1.